The normalized spacial score (nSPS) is 20.7. The third-order valence-corrected chi connectivity index (χ3v) is 3.77. The highest BCUT2D eigenvalue weighted by Crippen LogP contribution is 2.23. The van der Waals surface area contributed by atoms with Crippen LogP contribution in [-0.4, -0.2) is 58.3 Å². The van der Waals surface area contributed by atoms with Crippen molar-refractivity contribution in [1.29, 1.82) is 0 Å². The van der Waals surface area contributed by atoms with Gasteiger partial charge in [0, 0.05) is 26.8 Å². The third kappa shape index (κ3) is 3.48. The quantitative estimate of drug-likeness (QED) is 0.814. The summed E-state index contributed by atoms with van der Waals surface area (Å²) in [6.45, 7) is 2.48. The molecule has 2 aromatic rings. The maximum absolute atomic E-state index is 12.6. The summed E-state index contributed by atoms with van der Waals surface area (Å²) in [5.41, 5.74) is 0. The van der Waals surface area contributed by atoms with Gasteiger partial charge in [-0.05, 0) is 18.6 Å². The van der Waals surface area contributed by atoms with Crippen LogP contribution in [0.25, 0.3) is 0 Å². The Morgan fingerprint density at radius 1 is 1.52 bits per heavy atom. The minimum absolute atomic E-state index is 0.0329. The fourth-order valence-electron chi connectivity index (χ4n) is 2.59. The van der Waals surface area contributed by atoms with Gasteiger partial charge >= 0.3 is 0 Å². The van der Waals surface area contributed by atoms with E-state index in [0.717, 1.165) is 0 Å². The molecule has 8 nitrogen and oxygen atoms in total. The van der Waals surface area contributed by atoms with Gasteiger partial charge in [0.05, 0.1) is 18.3 Å². The lowest BCUT2D eigenvalue weighted by Crippen LogP contribution is -2.39. The predicted molar refractivity (Wildman–Crippen MR) is 79.0 cm³/mol. The molecule has 1 aliphatic heterocycles. The number of rotatable bonds is 5. The molecule has 3 heterocycles. The molecule has 0 radical (unpaired) electrons. The van der Waals surface area contributed by atoms with Crippen LogP contribution in [0.1, 0.15) is 22.9 Å². The number of methoxy groups -OCH3 is 1. The molecule has 2 atom stereocenters. The molecule has 2 aromatic heterocycles. The standard InChI is InChI=1S/C15H18N4O4/c1-10-17-14(18-23-10)15(20)19-8-13(21-2)6-11(19)9-22-12-4-3-5-16-7-12/h3-5,7,11,13H,6,8-9H2,1-2H3/t11-,13+/m0/s1. The fourth-order valence-corrected chi connectivity index (χ4v) is 2.59. The molecule has 0 spiro atoms. The lowest BCUT2D eigenvalue weighted by Gasteiger charge is -2.23. The number of carbonyl (C=O) groups excluding carboxylic acids is 1. The van der Waals surface area contributed by atoms with E-state index in [1.807, 2.05) is 6.07 Å². The number of ether oxygens (including phenoxy) is 2. The topological polar surface area (TPSA) is 90.6 Å². The fraction of sp³-hybridized carbons (Fsp3) is 0.467. The van der Waals surface area contributed by atoms with Crippen LogP contribution >= 0.6 is 0 Å². The monoisotopic (exact) mass is 318 g/mol. The second-order valence-electron chi connectivity index (χ2n) is 5.34. The van der Waals surface area contributed by atoms with Gasteiger partial charge in [0.15, 0.2) is 0 Å². The smallest absolute Gasteiger partial charge is 0.295 e. The van der Waals surface area contributed by atoms with Gasteiger partial charge in [-0.2, -0.15) is 4.98 Å². The van der Waals surface area contributed by atoms with Crippen molar-refractivity contribution in [3.63, 3.8) is 0 Å². The van der Waals surface area contributed by atoms with Gasteiger partial charge in [-0.3, -0.25) is 9.78 Å². The van der Waals surface area contributed by atoms with Gasteiger partial charge in [0.1, 0.15) is 12.4 Å². The molecular formula is C15H18N4O4. The van der Waals surface area contributed by atoms with Gasteiger partial charge in [-0.25, -0.2) is 0 Å². The van der Waals surface area contributed by atoms with Crippen molar-refractivity contribution in [3.8, 4) is 5.75 Å². The maximum Gasteiger partial charge on any atom is 0.295 e. The van der Waals surface area contributed by atoms with Gasteiger partial charge in [0.25, 0.3) is 11.7 Å². The van der Waals surface area contributed by atoms with Gasteiger partial charge in [-0.15, -0.1) is 0 Å². The summed E-state index contributed by atoms with van der Waals surface area (Å²) in [5, 5.41) is 3.69. The summed E-state index contributed by atoms with van der Waals surface area (Å²) in [6, 6.07) is 3.50. The second kappa shape index (κ2) is 6.74. The molecule has 1 amide bonds. The highest BCUT2D eigenvalue weighted by molar-refractivity contribution is 5.90. The van der Waals surface area contributed by atoms with E-state index in [1.165, 1.54) is 0 Å². The van der Waals surface area contributed by atoms with Crippen LogP contribution in [0, 0.1) is 6.92 Å². The van der Waals surface area contributed by atoms with Crippen molar-refractivity contribution in [2.45, 2.75) is 25.5 Å². The van der Waals surface area contributed by atoms with E-state index >= 15 is 0 Å². The number of likely N-dealkylation sites (tertiary alicyclic amines) is 1. The number of hydrogen-bond donors (Lipinski definition) is 0. The molecule has 0 N–H and O–H groups in total. The summed E-state index contributed by atoms with van der Waals surface area (Å²) in [5.74, 6) is 0.807. The molecule has 8 heteroatoms. The van der Waals surface area contributed by atoms with Crippen molar-refractivity contribution in [1.82, 2.24) is 20.0 Å². The zero-order valence-corrected chi connectivity index (χ0v) is 13.0. The van der Waals surface area contributed by atoms with Crippen LogP contribution in [0.3, 0.4) is 0 Å². The number of hydrogen-bond acceptors (Lipinski definition) is 7. The summed E-state index contributed by atoms with van der Waals surface area (Å²) < 4.78 is 16.0. The molecule has 3 rings (SSSR count). The highest BCUT2D eigenvalue weighted by Gasteiger charge is 2.37. The molecule has 0 saturated carbocycles. The van der Waals surface area contributed by atoms with Crippen LogP contribution in [0.4, 0.5) is 0 Å². The van der Waals surface area contributed by atoms with Crippen LogP contribution in [0.5, 0.6) is 5.75 Å². The number of aryl methyl sites for hydroxylation is 1. The molecule has 1 saturated heterocycles. The summed E-state index contributed by atoms with van der Waals surface area (Å²) >= 11 is 0. The molecule has 1 aliphatic rings. The molecule has 0 bridgehead atoms. The van der Waals surface area contributed by atoms with E-state index < -0.39 is 0 Å². The van der Waals surface area contributed by atoms with Crippen LogP contribution < -0.4 is 4.74 Å². The first-order valence-corrected chi connectivity index (χ1v) is 7.34. The first kappa shape index (κ1) is 15.4. The number of amides is 1. The number of carbonyl (C=O) groups is 1. The predicted octanol–water partition coefficient (Wildman–Crippen LogP) is 1.08. The number of nitrogens with zero attached hydrogens (tertiary/aromatic N) is 4. The average Bonchev–Trinajstić information content (AvgIpc) is 3.19. The highest BCUT2D eigenvalue weighted by atomic mass is 16.5. The van der Waals surface area contributed by atoms with E-state index in [4.69, 9.17) is 14.0 Å². The van der Waals surface area contributed by atoms with Crippen LogP contribution in [0.15, 0.2) is 29.0 Å². The maximum atomic E-state index is 12.6. The van der Waals surface area contributed by atoms with Crippen LogP contribution in [-0.2, 0) is 4.74 Å². The lowest BCUT2D eigenvalue weighted by atomic mass is 10.2. The Bertz CT molecular complexity index is 661. The molecule has 1 fully saturated rings. The molecular weight excluding hydrogens is 300 g/mol. The molecule has 0 aliphatic carbocycles. The number of pyridine rings is 1. The average molecular weight is 318 g/mol. The van der Waals surface area contributed by atoms with E-state index in [0.29, 0.717) is 31.2 Å². The largest absolute Gasteiger partial charge is 0.490 e. The van der Waals surface area contributed by atoms with Gasteiger partial charge in [0.2, 0.25) is 5.89 Å². The van der Waals surface area contributed by atoms with Crippen molar-refractivity contribution < 1.29 is 18.8 Å². The van der Waals surface area contributed by atoms with Crippen LogP contribution in [0.2, 0.25) is 0 Å². The summed E-state index contributed by atoms with van der Waals surface area (Å²) in [7, 11) is 1.64. The van der Waals surface area contributed by atoms with E-state index in [1.54, 1.807) is 37.4 Å². The van der Waals surface area contributed by atoms with Crippen molar-refractivity contribution in [2.75, 3.05) is 20.3 Å². The lowest BCUT2D eigenvalue weighted by molar-refractivity contribution is 0.0643. The first-order chi connectivity index (χ1) is 11.2. The molecule has 23 heavy (non-hydrogen) atoms. The number of aromatic nitrogens is 3. The Balaban J connectivity index is 1.70. The summed E-state index contributed by atoms with van der Waals surface area (Å²) in [4.78, 5) is 22.2. The Morgan fingerprint density at radius 2 is 2.39 bits per heavy atom. The van der Waals surface area contributed by atoms with Crippen molar-refractivity contribution in [3.05, 3.63) is 36.2 Å². The summed E-state index contributed by atoms with van der Waals surface area (Å²) in [6.07, 6.45) is 3.98. The van der Waals surface area contributed by atoms with Gasteiger partial charge < -0.3 is 18.9 Å². The van der Waals surface area contributed by atoms with E-state index in [-0.39, 0.29) is 23.9 Å². The third-order valence-electron chi connectivity index (χ3n) is 3.77. The molecule has 0 aromatic carbocycles. The van der Waals surface area contributed by atoms with E-state index in [2.05, 4.69) is 15.1 Å². The SMILES string of the molecule is CO[C@@H]1C[C@@H](COc2cccnc2)N(C(=O)c2noc(C)n2)C1. The Hall–Kier alpha value is -2.48. The van der Waals surface area contributed by atoms with Crippen molar-refractivity contribution in [2.24, 2.45) is 0 Å². The first-order valence-electron chi connectivity index (χ1n) is 7.34. The minimum atomic E-state index is -0.277. The zero-order valence-electron chi connectivity index (χ0n) is 13.0. The Morgan fingerprint density at radius 3 is 3.04 bits per heavy atom. The Kier molecular flexibility index (Phi) is 4.52. The molecule has 0 unspecified atom stereocenters. The van der Waals surface area contributed by atoms with Crippen molar-refractivity contribution >= 4 is 5.91 Å². The zero-order chi connectivity index (χ0) is 16.2. The Labute approximate surface area is 133 Å². The van der Waals surface area contributed by atoms with Gasteiger partial charge in [-0.1, -0.05) is 5.16 Å². The molecule has 122 valence electrons. The van der Waals surface area contributed by atoms with E-state index in [9.17, 15) is 4.79 Å². The second-order valence-corrected chi connectivity index (χ2v) is 5.34. The minimum Gasteiger partial charge on any atom is -0.490 e.